The third-order valence-corrected chi connectivity index (χ3v) is 7.72. The summed E-state index contributed by atoms with van der Waals surface area (Å²) >= 11 is 12.3. The first-order valence-corrected chi connectivity index (χ1v) is 13.6. The summed E-state index contributed by atoms with van der Waals surface area (Å²) in [5.41, 5.74) is -0.382. The van der Waals surface area contributed by atoms with Gasteiger partial charge < -0.3 is 20.6 Å². The fourth-order valence-electron chi connectivity index (χ4n) is 4.79. The lowest BCUT2D eigenvalue weighted by molar-refractivity contribution is -0.155. The zero-order valence-electron chi connectivity index (χ0n) is 22.8. The van der Waals surface area contributed by atoms with Crippen LogP contribution in [0.3, 0.4) is 0 Å². The number of aliphatic hydroxyl groups is 1. The minimum absolute atomic E-state index is 0.189. The van der Waals surface area contributed by atoms with E-state index >= 15 is 0 Å². The molecule has 206 valence electrons. The summed E-state index contributed by atoms with van der Waals surface area (Å²) in [5, 5.41) is 18.2. The molecule has 0 aromatic heterocycles. The minimum atomic E-state index is -1.14. The van der Waals surface area contributed by atoms with E-state index in [9.17, 15) is 19.5 Å². The van der Waals surface area contributed by atoms with E-state index in [0.717, 1.165) is 5.56 Å². The average Bonchev–Trinajstić information content (AvgIpc) is 2.83. The average molecular weight is 563 g/mol. The van der Waals surface area contributed by atoms with Crippen molar-refractivity contribution in [2.75, 3.05) is 18.4 Å². The maximum absolute atomic E-state index is 13.7. The maximum atomic E-state index is 13.7. The van der Waals surface area contributed by atoms with Gasteiger partial charge in [-0.25, -0.2) is 0 Å². The van der Waals surface area contributed by atoms with Crippen LogP contribution in [0.4, 0.5) is 5.69 Å². The Morgan fingerprint density at radius 1 is 0.974 bits per heavy atom. The molecule has 0 spiro atoms. The third kappa shape index (κ3) is 6.50. The van der Waals surface area contributed by atoms with Crippen molar-refractivity contribution in [2.45, 2.75) is 59.6 Å². The third-order valence-electron chi connectivity index (χ3n) is 7.25. The van der Waals surface area contributed by atoms with Gasteiger partial charge in [0.15, 0.2) is 0 Å². The van der Waals surface area contributed by atoms with Gasteiger partial charge in [0.25, 0.3) is 5.91 Å². The number of hydrogen-bond acceptors (Lipinski definition) is 4. The molecule has 2 aromatic carbocycles. The summed E-state index contributed by atoms with van der Waals surface area (Å²) in [4.78, 5) is 40.7. The van der Waals surface area contributed by atoms with E-state index in [1.54, 1.807) is 43.0 Å². The molecule has 0 saturated carbocycles. The Morgan fingerprint density at radius 3 is 2.16 bits per heavy atom. The lowest BCUT2D eigenvalue weighted by atomic mass is 9.66. The van der Waals surface area contributed by atoms with Crippen LogP contribution in [0.1, 0.15) is 63.9 Å². The predicted molar refractivity (Wildman–Crippen MR) is 151 cm³/mol. The highest BCUT2D eigenvalue weighted by molar-refractivity contribution is 6.31. The van der Waals surface area contributed by atoms with Crippen LogP contribution in [0, 0.1) is 17.3 Å². The first-order valence-electron chi connectivity index (χ1n) is 12.8. The number of likely N-dealkylation sites (tertiary alicyclic amines) is 1. The number of carbonyl (C=O) groups is 3. The van der Waals surface area contributed by atoms with E-state index in [4.69, 9.17) is 23.2 Å². The zero-order chi connectivity index (χ0) is 28.4. The fraction of sp³-hybridized carbons (Fsp3) is 0.483. The summed E-state index contributed by atoms with van der Waals surface area (Å²) in [6.07, 6.45) is 0.347. The number of amides is 3. The molecule has 0 radical (unpaired) electrons. The molecular formula is C29H37Cl2N3O4. The van der Waals surface area contributed by atoms with Crippen LogP contribution < -0.4 is 10.6 Å². The van der Waals surface area contributed by atoms with E-state index < -0.39 is 23.0 Å². The highest BCUT2D eigenvalue weighted by atomic mass is 35.5. The second-order valence-corrected chi connectivity index (χ2v) is 12.2. The van der Waals surface area contributed by atoms with Crippen LogP contribution >= 0.6 is 23.2 Å². The second kappa shape index (κ2) is 11.6. The molecule has 3 N–H and O–H groups in total. The lowest BCUT2D eigenvalue weighted by Crippen LogP contribution is -2.60. The first kappa shape index (κ1) is 29.9. The SMILES string of the molecule is CC(C)C(=O)Nc1cc(Cl)cc(C(=O)N[C@@H](C(=O)N2CC[C@](O)(c3ccc(Cl)cc3)C(C)(C)C2)C(C)C)c1. The Balaban J connectivity index is 1.77. The Bertz CT molecular complexity index is 1200. The largest absolute Gasteiger partial charge is 0.384 e. The second-order valence-electron chi connectivity index (χ2n) is 11.3. The Hall–Kier alpha value is -2.61. The maximum Gasteiger partial charge on any atom is 0.252 e. The molecule has 0 bridgehead atoms. The molecule has 1 aliphatic rings. The lowest BCUT2D eigenvalue weighted by Gasteiger charge is -2.51. The Morgan fingerprint density at radius 2 is 1.61 bits per heavy atom. The van der Waals surface area contributed by atoms with Gasteiger partial charge in [0.2, 0.25) is 11.8 Å². The van der Waals surface area contributed by atoms with E-state index in [2.05, 4.69) is 10.6 Å². The number of carbonyl (C=O) groups excluding carboxylic acids is 3. The number of halogens is 2. The molecule has 1 heterocycles. The van der Waals surface area contributed by atoms with Crippen molar-refractivity contribution in [3.63, 3.8) is 0 Å². The normalized spacial score (nSPS) is 19.8. The van der Waals surface area contributed by atoms with Crippen molar-refractivity contribution in [3.05, 3.63) is 63.6 Å². The summed E-state index contributed by atoms with van der Waals surface area (Å²) < 4.78 is 0. The molecule has 9 heteroatoms. The smallest absolute Gasteiger partial charge is 0.252 e. The number of rotatable bonds is 7. The molecule has 1 saturated heterocycles. The van der Waals surface area contributed by atoms with E-state index in [-0.39, 0.29) is 29.2 Å². The van der Waals surface area contributed by atoms with Gasteiger partial charge in [0.1, 0.15) is 6.04 Å². The van der Waals surface area contributed by atoms with Gasteiger partial charge in [-0.2, -0.15) is 0 Å². The van der Waals surface area contributed by atoms with Gasteiger partial charge in [-0.1, -0.05) is 76.9 Å². The van der Waals surface area contributed by atoms with Crippen LogP contribution in [0.5, 0.6) is 0 Å². The Kier molecular flexibility index (Phi) is 9.17. The molecule has 3 amide bonds. The van der Waals surface area contributed by atoms with Crippen LogP contribution in [0.15, 0.2) is 42.5 Å². The first-order chi connectivity index (χ1) is 17.6. The monoisotopic (exact) mass is 561 g/mol. The molecule has 38 heavy (non-hydrogen) atoms. The van der Waals surface area contributed by atoms with Gasteiger partial charge in [0, 0.05) is 45.7 Å². The Labute approximate surface area is 234 Å². The van der Waals surface area contributed by atoms with Crippen molar-refractivity contribution in [1.82, 2.24) is 10.2 Å². The zero-order valence-corrected chi connectivity index (χ0v) is 24.3. The molecule has 2 aromatic rings. The van der Waals surface area contributed by atoms with Crippen molar-refractivity contribution < 1.29 is 19.5 Å². The topological polar surface area (TPSA) is 98.7 Å². The summed E-state index contributed by atoms with van der Waals surface area (Å²) in [6, 6.07) is 11.0. The molecule has 2 atom stereocenters. The van der Waals surface area contributed by atoms with Gasteiger partial charge in [-0.3, -0.25) is 14.4 Å². The van der Waals surface area contributed by atoms with Gasteiger partial charge in [-0.05, 0) is 48.2 Å². The van der Waals surface area contributed by atoms with Gasteiger partial charge in [-0.15, -0.1) is 0 Å². The highest BCUT2D eigenvalue weighted by Crippen LogP contribution is 2.46. The van der Waals surface area contributed by atoms with Crippen LogP contribution in [0.25, 0.3) is 0 Å². The molecule has 7 nitrogen and oxygen atoms in total. The number of hydrogen-bond donors (Lipinski definition) is 3. The van der Waals surface area contributed by atoms with Crippen LogP contribution in [0.2, 0.25) is 10.0 Å². The quantitative estimate of drug-likeness (QED) is 0.416. The highest BCUT2D eigenvalue weighted by Gasteiger charge is 2.50. The van der Waals surface area contributed by atoms with Crippen molar-refractivity contribution in [2.24, 2.45) is 17.3 Å². The number of piperidine rings is 1. The van der Waals surface area contributed by atoms with E-state index in [1.807, 2.05) is 39.8 Å². The molecular weight excluding hydrogens is 525 g/mol. The number of anilines is 1. The van der Waals surface area contributed by atoms with Gasteiger partial charge in [0.05, 0.1) is 5.60 Å². The van der Waals surface area contributed by atoms with Gasteiger partial charge >= 0.3 is 0 Å². The number of nitrogens with one attached hydrogen (secondary N) is 2. The summed E-state index contributed by atoms with van der Waals surface area (Å²) in [6.45, 7) is 11.8. The number of benzene rings is 2. The summed E-state index contributed by atoms with van der Waals surface area (Å²) in [5.74, 6) is -1.30. The van der Waals surface area contributed by atoms with E-state index in [0.29, 0.717) is 35.2 Å². The molecule has 0 unspecified atom stereocenters. The predicted octanol–water partition coefficient (Wildman–Crippen LogP) is 5.49. The summed E-state index contributed by atoms with van der Waals surface area (Å²) in [7, 11) is 0. The molecule has 0 aliphatic carbocycles. The fourth-order valence-corrected chi connectivity index (χ4v) is 5.15. The molecule has 1 fully saturated rings. The molecule has 1 aliphatic heterocycles. The standard InChI is InChI=1S/C29H37Cl2N3O4/c1-17(2)24(33-26(36)19-13-22(31)15-23(14-19)32-25(35)18(3)4)27(37)34-12-11-29(38,28(5,6)16-34)20-7-9-21(30)10-8-20/h7-10,13-15,17-18,24,38H,11-12,16H2,1-6H3,(H,32,35)(H,33,36)/t24-,29+/m1/s1. The number of nitrogens with zero attached hydrogens (tertiary/aromatic N) is 1. The minimum Gasteiger partial charge on any atom is -0.384 e. The van der Waals surface area contributed by atoms with Crippen molar-refractivity contribution >= 4 is 46.6 Å². The van der Waals surface area contributed by atoms with Crippen molar-refractivity contribution in [3.8, 4) is 0 Å². The molecule has 3 rings (SSSR count). The van der Waals surface area contributed by atoms with Crippen molar-refractivity contribution in [1.29, 1.82) is 0 Å². The van der Waals surface area contributed by atoms with Crippen LogP contribution in [-0.2, 0) is 15.2 Å². The van der Waals surface area contributed by atoms with E-state index in [1.165, 1.54) is 6.07 Å². The van der Waals surface area contributed by atoms with Crippen LogP contribution in [-0.4, -0.2) is 46.9 Å².